The molecule has 3 rings (SSSR count). The molecule has 0 saturated carbocycles. The molecule has 0 radical (unpaired) electrons. The van der Waals surface area contributed by atoms with Gasteiger partial charge in [-0.3, -0.25) is 4.79 Å². The molecule has 146 valence electrons. The molecule has 2 aromatic rings. The lowest BCUT2D eigenvalue weighted by atomic mass is 10.0. The monoisotopic (exact) mass is 406 g/mol. The fourth-order valence-corrected chi connectivity index (χ4v) is 6.25. The van der Waals surface area contributed by atoms with Crippen LogP contribution in [0.1, 0.15) is 47.5 Å². The Bertz CT molecular complexity index is 899. The van der Waals surface area contributed by atoms with Crippen molar-refractivity contribution in [3.63, 3.8) is 0 Å². The van der Waals surface area contributed by atoms with E-state index in [-0.39, 0.29) is 10.8 Å². The zero-order chi connectivity index (χ0) is 19.4. The van der Waals surface area contributed by atoms with Crippen molar-refractivity contribution in [2.24, 2.45) is 0 Å². The molecule has 0 N–H and O–H groups in total. The highest BCUT2D eigenvalue weighted by atomic mass is 32.2. The summed E-state index contributed by atoms with van der Waals surface area (Å²) in [6.07, 6.45) is 2.39. The molecule has 0 unspecified atom stereocenters. The average molecular weight is 407 g/mol. The van der Waals surface area contributed by atoms with Crippen LogP contribution in [0.25, 0.3) is 0 Å². The third-order valence-electron chi connectivity index (χ3n) is 4.81. The van der Waals surface area contributed by atoms with Gasteiger partial charge in [0.2, 0.25) is 10.0 Å². The Morgan fingerprint density at radius 1 is 1.11 bits per heavy atom. The van der Waals surface area contributed by atoms with Crippen LogP contribution in [0.5, 0.6) is 0 Å². The summed E-state index contributed by atoms with van der Waals surface area (Å²) in [6, 6.07) is 9.51. The van der Waals surface area contributed by atoms with Crippen LogP contribution in [0.4, 0.5) is 0 Å². The predicted molar refractivity (Wildman–Crippen MR) is 109 cm³/mol. The van der Waals surface area contributed by atoms with E-state index in [4.69, 9.17) is 0 Å². The minimum absolute atomic E-state index is 0.147. The number of nitrogens with zero attached hydrogens (tertiary/aromatic N) is 2. The van der Waals surface area contributed by atoms with Gasteiger partial charge in [-0.25, -0.2) is 8.42 Å². The number of hydrogen-bond acceptors (Lipinski definition) is 4. The molecule has 0 fully saturated rings. The summed E-state index contributed by atoms with van der Waals surface area (Å²) in [7, 11) is -3.70. The molecular weight excluding hydrogens is 380 g/mol. The molecule has 1 aliphatic heterocycles. The van der Waals surface area contributed by atoms with Gasteiger partial charge < -0.3 is 4.90 Å². The molecule has 1 aliphatic rings. The highest BCUT2D eigenvalue weighted by molar-refractivity contribution is 7.89. The van der Waals surface area contributed by atoms with E-state index >= 15 is 0 Å². The number of hydrogen-bond donors (Lipinski definition) is 0. The summed E-state index contributed by atoms with van der Waals surface area (Å²) < 4.78 is 28.1. The molecule has 1 aromatic heterocycles. The van der Waals surface area contributed by atoms with Crippen LogP contribution in [0.2, 0.25) is 0 Å². The third-order valence-corrected chi connectivity index (χ3v) is 7.73. The second kappa shape index (κ2) is 8.54. The van der Waals surface area contributed by atoms with Crippen LogP contribution < -0.4 is 0 Å². The van der Waals surface area contributed by atoms with E-state index in [1.54, 1.807) is 16.3 Å². The van der Waals surface area contributed by atoms with Gasteiger partial charge >= 0.3 is 0 Å². The fraction of sp³-hybridized carbons (Fsp3) is 0.450. The van der Waals surface area contributed by atoms with E-state index in [9.17, 15) is 13.2 Å². The summed E-state index contributed by atoms with van der Waals surface area (Å²) in [5, 5.41) is 1.70. The zero-order valence-electron chi connectivity index (χ0n) is 15.8. The van der Waals surface area contributed by atoms with Crippen LogP contribution in [0, 0.1) is 0 Å². The second-order valence-corrected chi connectivity index (χ2v) is 9.59. The fourth-order valence-electron chi connectivity index (χ4n) is 3.47. The number of sulfonamides is 1. The molecule has 1 aromatic carbocycles. The molecule has 0 spiro atoms. The maximum Gasteiger partial charge on any atom is 0.265 e. The Morgan fingerprint density at radius 2 is 1.78 bits per heavy atom. The molecule has 0 aliphatic carbocycles. The van der Waals surface area contributed by atoms with Gasteiger partial charge in [-0.05, 0) is 41.8 Å². The molecule has 2 heterocycles. The maximum atomic E-state index is 13.3. The Kier molecular flexibility index (Phi) is 6.34. The van der Waals surface area contributed by atoms with Crippen molar-refractivity contribution in [1.82, 2.24) is 9.21 Å². The molecule has 0 bridgehead atoms. The third kappa shape index (κ3) is 4.10. The van der Waals surface area contributed by atoms with Crippen molar-refractivity contribution < 1.29 is 13.2 Å². The summed E-state index contributed by atoms with van der Waals surface area (Å²) >= 11 is 1.22. The van der Waals surface area contributed by atoms with Crippen LogP contribution in [-0.4, -0.2) is 43.2 Å². The average Bonchev–Trinajstić information content (AvgIpc) is 3.17. The Hall–Kier alpha value is -1.70. The van der Waals surface area contributed by atoms with Gasteiger partial charge in [0.15, 0.2) is 0 Å². The van der Waals surface area contributed by atoms with E-state index in [1.165, 1.54) is 21.2 Å². The van der Waals surface area contributed by atoms with Crippen LogP contribution in [0.15, 0.2) is 40.6 Å². The standard InChI is InChI=1S/C20H26N2O3S2/c1-3-11-21(12-4-2)20(23)19-18(10-14-26-19)27(24,25)22-13-9-16-7-5-6-8-17(16)15-22/h5-8,10,14H,3-4,9,11-13,15H2,1-2H3. The van der Waals surface area contributed by atoms with Gasteiger partial charge in [-0.15, -0.1) is 11.3 Å². The van der Waals surface area contributed by atoms with E-state index in [2.05, 4.69) is 0 Å². The first-order chi connectivity index (χ1) is 13.0. The van der Waals surface area contributed by atoms with Crippen molar-refractivity contribution in [2.45, 2.75) is 44.6 Å². The van der Waals surface area contributed by atoms with Crippen LogP contribution >= 0.6 is 11.3 Å². The lowest BCUT2D eigenvalue weighted by Gasteiger charge is -2.28. The van der Waals surface area contributed by atoms with E-state index in [0.717, 1.165) is 18.4 Å². The molecular formula is C20H26N2O3S2. The van der Waals surface area contributed by atoms with Crippen molar-refractivity contribution in [1.29, 1.82) is 0 Å². The summed E-state index contributed by atoms with van der Waals surface area (Å²) in [6.45, 7) is 6.12. The first-order valence-electron chi connectivity index (χ1n) is 9.42. The highest BCUT2D eigenvalue weighted by Gasteiger charge is 2.33. The van der Waals surface area contributed by atoms with E-state index in [0.29, 0.717) is 37.5 Å². The lowest BCUT2D eigenvalue weighted by molar-refractivity contribution is 0.0756. The number of carbonyl (C=O) groups is 1. The molecule has 0 saturated heterocycles. The first kappa shape index (κ1) is 20.0. The normalized spacial score (nSPS) is 14.7. The molecule has 1 amide bonds. The van der Waals surface area contributed by atoms with Crippen LogP contribution in [-0.2, 0) is 23.0 Å². The van der Waals surface area contributed by atoms with Gasteiger partial charge in [-0.1, -0.05) is 38.1 Å². The first-order valence-corrected chi connectivity index (χ1v) is 11.7. The van der Waals surface area contributed by atoms with Crippen molar-refractivity contribution in [3.05, 3.63) is 51.7 Å². The number of benzene rings is 1. The number of fused-ring (bicyclic) bond motifs is 1. The smallest absolute Gasteiger partial charge is 0.265 e. The molecule has 27 heavy (non-hydrogen) atoms. The van der Waals surface area contributed by atoms with Gasteiger partial charge in [0.25, 0.3) is 5.91 Å². The summed E-state index contributed by atoms with van der Waals surface area (Å²) in [5.74, 6) is -0.176. The summed E-state index contributed by atoms with van der Waals surface area (Å²) in [4.78, 5) is 15.2. The minimum atomic E-state index is -3.70. The van der Waals surface area contributed by atoms with E-state index < -0.39 is 10.0 Å². The number of thiophene rings is 1. The largest absolute Gasteiger partial charge is 0.338 e. The number of rotatable bonds is 7. The maximum absolute atomic E-state index is 13.3. The predicted octanol–water partition coefficient (Wildman–Crippen LogP) is 3.76. The van der Waals surface area contributed by atoms with Gasteiger partial charge in [0.05, 0.1) is 0 Å². The van der Waals surface area contributed by atoms with Crippen molar-refractivity contribution in [3.8, 4) is 0 Å². The van der Waals surface area contributed by atoms with Crippen molar-refractivity contribution >= 4 is 27.3 Å². The Balaban J connectivity index is 1.89. The summed E-state index contributed by atoms with van der Waals surface area (Å²) in [5.41, 5.74) is 2.23. The Morgan fingerprint density at radius 3 is 2.44 bits per heavy atom. The SMILES string of the molecule is CCCN(CCC)C(=O)c1sccc1S(=O)(=O)N1CCc2ccccc2C1. The van der Waals surface area contributed by atoms with Gasteiger partial charge in [0, 0.05) is 26.2 Å². The van der Waals surface area contributed by atoms with Crippen molar-refractivity contribution in [2.75, 3.05) is 19.6 Å². The number of carbonyl (C=O) groups excluding carboxylic acids is 1. The zero-order valence-corrected chi connectivity index (χ0v) is 17.5. The lowest BCUT2D eigenvalue weighted by Crippen LogP contribution is -2.37. The van der Waals surface area contributed by atoms with Gasteiger partial charge in [0.1, 0.15) is 9.77 Å². The highest BCUT2D eigenvalue weighted by Crippen LogP contribution is 2.30. The van der Waals surface area contributed by atoms with E-state index in [1.807, 2.05) is 38.1 Å². The van der Waals surface area contributed by atoms with Gasteiger partial charge in [-0.2, -0.15) is 4.31 Å². The second-order valence-electron chi connectivity index (χ2n) is 6.76. The Labute approximate surface area is 165 Å². The van der Waals surface area contributed by atoms with Crippen LogP contribution in [0.3, 0.4) is 0 Å². The quantitative estimate of drug-likeness (QED) is 0.703. The number of amides is 1. The molecule has 0 atom stereocenters. The minimum Gasteiger partial charge on any atom is -0.338 e. The molecule has 7 heteroatoms. The topological polar surface area (TPSA) is 57.7 Å². The molecule has 5 nitrogen and oxygen atoms in total.